The summed E-state index contributed by atoms with van der Waals surface area (Å²) in [6, 6.07) is 8.78. The van der Waals surface area contributed by atoms with Gasteiger partial charge in [0.2, 0.25) is 0 Å². The molecule has 0 saturated heterocycles. The molecule has 112 valence electrons. The zero-order chi connectivity index (χ0) is 15.4. The Morgan fingerprint density at radius 1 is 1.05 bits per heavy atom. The lowest BCUT2D eigenvalue weighted by Crippen LogP contribution is -2.04. The molecule has 0 spiro atoms. The van der Waals surface area contributed by atoms with Crippen molar-refractivity contribution in [2.24, 2.45) is 5.73 Å². The Morgan fingerprint density at radius 3 is 2.43 bits per heavy atom. The molecule has 2 rings (SSSR count). The Morgan fingerprint density at radius 2 is 1.81 bits per heavy atom. The van der Waals surface area contributed by atoms with Crippen LogP contribution in [-0.4, -0.2) is 7.11 Å². The number of rotatable bonds is 5. The van der Waals surface area contributed by atoms with Gasteiger partial charge in [-0.2, -0.15) is 0 Å². The minimum absolute atomic E-state index is 0.299. The first-order valence-electron chi connectivity index (χ1n) is 6.18. The third kappa shape index (κ3) is 3.95. The van der Waals surface area contributed by atoms with E-state index in [2.05, 4.69) is 0 Å². The van der Waals surface area contributed by atoms with Gasteiger partial charge in [-0.15, -0.1) is 0 Å². The Kier molecular flexibility index (Phi) is 5.59. The fraction of sp³-hybridized carbons (Fsp3) is 0.200. The lowest BCUT2D eigenvalue weighted by Gasteiger charge is -2.15. The number of hydrogen-bond donors (Lipinski definition) is 1. The van der Waals surface area contributed by atoms with Crippen molar-refractivity contribution in [1.29, 1.82) is 0 Å². The normalized spacial score (nSPS) is 10.5. The van der Waals surface area contributed by atoms with Crippen LogP contribution in [0.15, 0.2) is 30.3 Å². The fourth-order valence-electron chi connectivity index (χ4n) is 1.87. The van der Waals surface area contributed by atoms with E-state index in [1.807, 2.05) is 6.07 Å². The van der Waals surface area contributed by atoms with Gasteiger partial charge >= 0.3 is 0 Å². The molecule has 0 aromatic heterocycles. The van der Waals surface area contributed by atoms with Gasteiger partial charge in [-0.25, -0.2) is 0 Å². The third-order valence-electron chi connectivity index (χ3n) is 2.90. The van der Waals surface area contributed by atoms with Gasteiger partial charge in [0.1, 0.15) is 6.61 Å². The van der Waals surface area contributed by atoms with Gasteiger partial charge in [-0.1, -0.05) is 40.9 Å². The second-order valence-electron chi connectivity index (χ2n) is 4.34. The van der Waals surface area contributed by atoms with Crippen molar-refractivity contribution in [2.75, 3.05) is 7.11 Å². The molecule has 0 aliphatic carbocycles. The van der Waals surface area contributed by atoms with E-state index in [1.54, 1.807) is 31.4 Å². The van der Waals surface area contributed by atoms with Crippen LogP contribution < -0.4 is 15.2 Å². The van der Waals surface area contributed by atoms with E-state index in [9.17, 15) is 0 Å². The van der Waals surface area contributed by atoms with E-state index in [1.165, 1.54) is 0 Å². The van der Waals surface area contributed by atoms with Gasteiger partial charge in [0.15, 0.2) is 11.5 Å². The molecule has 21 heavy (non-hydrogen) atoms. The first kappa shape index (κ1) is 16.2. The molecule has 0 fully saturated rings. The average Bonchev–Trinajstić information content (AvgIpc) is 2.48. The van der Waals surface area contributed by atoms with Gasteiger partial charge < -0.3 is 15.2 Å². The van der Waals surface area contributed by atoms with Crippen LogP contribution >= 0.6 is 34.8 Å². The standard InChI is InChI=1S/C15H14Cl3NO2/c1-20-14-6-11(16)5-10(7-19)15(14)21-8-9-2-3-12(17)13(18)4-9/h2-6H,7-8,19H2,1H3. The molecule has 0 unspecified atom stereocenters. The third-order valence-corrected chi connectivity index (χ3v) is 3.86. The summed E-state index contributed by atoms with van der Waals surface area (Å²) in [5, 5.41) is 1.54. The number of hydrogen-bond acceptors (Lipinski definition) is 3. The van der Waals surface area contributed by atoms with Crippen LogP contribution in [0, 0.1) is 0 Å². The molecule has 2 aromatic carbocycles. The van der Waals surface area contributed by atoms with Crippen molar-refractivity contribution < 1.29 is 9.47 Å². The fourth-order valence-corrected chi connectivity index (χ4v) is 2.43. The first-order chi connectivity index (χ1) is 10.0. The van der Waals surface area contributed by atoms with Crippen LogP contribution in [0.25, 0.3) is 0 Å². The van der Waals surface area contributed by atoms with E-state index in [-0.39, 0.29) is 0 Å². The van der Waals surface area contributed by atoms with Crippen molar-refractivity contribution in [2.45, 2.75) is 13.2 Å². The van der Waals surface area contributed by atoms with Crippen LogP contribution in [0.4, 0.5) is 0 Å². The molecule has 0 radical (unpaired) electrons. The number of methoxy groups -OCH3 is 1. The van der Waals surface area contributed by atoms with Crippen LogP contribution in [0.1, 0.15) is 11.1 Å². The molecule has 0 saturated carbocycles. The van der Waals surface area contributed by atoms with Crippen LogP contribution in [0.5, 0.6) is 11.5 Å². The minimum Gasteiger partial charge on any atom is -0.493 e. The summed E-state index contributed by atoms with van der Waals surface area (Å²) in [5.74, 6) is 1.12. The number of nitrogens with two attached hydrogens (primary N) is 1. The van der Waals surface area contributed by atoms with Crippen LogP contribution in [-0.2, 0) is 13.2 Å². The summed E-state index contributed by atoms with van der Waals surface area (Å²) in [6.45, 7) is 0.621. The lowest BCUT2D eigenvalue weighted by atomic mass is 10.2. The van der Waals surface area contributed by atoms with Gasteiger partial charge in [-0.3, -0.25) is 0 Å². The number of ether oxygens (including phenoxy) is 2. The zero-order valence-electron chi connectivity index (χ0n) is 11.3. The summed E-state index contributed by atoms with van der Waals surface area (Å²) in [6.07, 6.45) is 0. The molecule has 0 aliphatic rings. The largest absolute Gasteiger partial charge is 0.493 e. The highest BCUT2D eigenvalue weighted by molar-refractivity contribution is 6.42. The van der Waals surface area contributed by atoms with Crippen molar-refractivity contribution in [3.05, 3.63) is 56.5 Å². The molecule has 0 aliphatic heterocycles. The summed E-state index contributed by atoms with van der Waals surface area (Å²) in [7, 11) is 1.55. The van der Waals surface area contributed by atoms with E-state index >= 15 is 0 Å². The lowest BCUT2D eigenvalue weighted by molar-refractivity contribution is 0.281. The molecule has 0 bridgehead atoms. The van der Waals surface area contributed by atoms with Crippen LogP contribution in [0.3, 0.4) is 0 Å². The molecule has 3 nitrogen and oxygen atoms in total. The maximum Gasteiger partial charge on any atom is 0.166 e. The molecule has 2 aromatic rings. The topological polar surface area (TPSA) is 44.5 Å². The smallest absolute Gasteiger partial charge is 0.166 e. The van der Waals surface area contributed by atoms with Gasteiger partial charge in [-0.05, 0) is 23.8 Å². The number of halogens is 3. The quantitative estimate of drug-likeness (QED) is 0.854. The van der Waals surface area contributed by atoms with E-state index in [4.69, 9.17) is 50.0 Å². The zero-order valence-corrected chi connectivity index (χ0v) is 13.6. The van der Waals surface area contributed by atoms with E-state index in [0.29, 0.717) is 39.7 Å². The molecular formula is C15H14Cl3NO2. The van der Waals surface area contributed by atoms with E-state index in [0.717, 1.165) is 11.1 Å². The Balaban J connectivity index is 2.24. The predicted octanol–water partition coefficient (Wildman–Crippen LogP) is 4.69. The second-order valence-corrected chi connectivity index (χ2v) is 5.59. The average molecular weight is 347 g/mol. The van der Waals surface area contributed by atoms with Crippen LogP contribution in [0.2, 0.25) is 15.1 Å². The number of benzene rings is 2. The summed E-state index contributed by atoms with van der Waals surface area (Å²) in [5.41, 5.74) is 7.39. The minimum atomic E-state index is 0.299. The Bertz CT molecular complexity index is 622. The van der Waals surface area contributed by atoms with Crippen molar-refractivity contribution in [3.8, 4) is 11.5 Å². The van der Waals surface area contributed by atoms with Crippen molar-refractivity contribution >= 4 is 34.8 Å². The maximum atomic E-state index is 6.01. The highest BCUT2D eigenvalue weighted by Gasteiger charge is 2.12. The molecule has 0 atom stereocenters. The summed E-state index contributed by atoms with van der Waals surface area (Å²) in [4.78, 5) is 0. The highest BCUT2D eigenvalue weighted by Crippen LogP contribution is 2.35. The Hall–Kier alpha value is -1.13. The molecular weight excluding hydrogens is 333 g/mol. The second kappa shape index (κ2) is 7.23. The predicted molar refractivity (Wildman–Crippen MR) is 86.7 cm³/mol. The SMILES string of the molecule is COc1cc(Cl)cc(CN)c1OCc1ccc(Cl)c(Cl)c1. The molecule has 6 heteroatoms. The van der Waals surface area contributed by atoms with Crippen molar-refractivity contribution in [3.63, 3.8) is 0 Å². The van der Waals surface area contributed by atoms with Gasteiger partial charge in [0.05, 0.1) is 17.2 Å². The molecule has 0 amide bonds. The van der Waals surface area contributed by atoms with Crippen molar-refractivity contribution in [1.82, 2.24) is 0 Å². The summed E-state index contributed by atoms with van der Waals surface area (Å²) >= 11 is 17.9. The van der Waals surface area contributed by atoms with Gasteiger partial charge in [0, 0.05) is 23.2 Å². The summed E-state index contributed by atoms with van der Waals surface area (Å²) < 4.78 is 11.1. The highest BCUT2D eigenvalue weighted by atomic mass is 35.5. The molecule has 2 N–H and O–H groups in total. The maximum absolute atomic E-state index is 6.01. The van der Waals surface area contributed by atoms with Gasteiger partial charge in [0.25, 0.3) is 0 Å². The molecule has 0 heterocycles. The van der Waals surface area contributed by atoms with E-state index < -0.39 is 0 Å². The Labute approximate surface area is 138 Å². The first-order valence-corrected chi connectivity index (χ1v) is 7.31. The monoisotopic (exact) mass is 345 g/mol.